The number of hydrogen-bond donors (Lipinski definition) is 2. The van der Waals surface area contributed by atoms with Gasteiger partial charge in [0.25, 0.3) is 5.91 Å². The maximum absolute atomic E-state index is 11.3. The van der Waals surface area contributed by atoms with Gasteiger partial charge in [0.2, 0.25) is 0 Å². The summed E-state index contributed by atoms with van der Waals surface area (Å²) in [6, 6.07) is 12.8. The zero-order valence-electron chi connectivity index (χ0n) is 10.4. The van der Waals surface area contributed by atoms with Gasteiger partial charge in [0.15, 0.2) is 0 Å². The lowest BCUT2D eigenvalue weighted by atomic mass is 10.1. The van der Waals surface area contributed by atoms with Gasteiger partial charge in [0.1, 0.15) is 0 Å². The van der Waals surface area contributed by atoms with Crippen LogP contribution < -0.4 is 11.3 Å². The second kappa shape index (κ2) is 6.99. The molecule has 20 heavy (non-hydrogen) atoms. The molecule has 0 atom stereocenters. The average Bonchev–Trinajstić information content (AvgIpc) is 2.48. The summed E-state index contributed by atoms with van der Waals surface area (Å²) in [6.45, 7) is 0. The Morgan fingerprint density at radius 1 is 1.10 bits per heavy atom. The van der Waals surface area contributed by atoms with Crippen molar-refractivity contribution in [2.45, 2.75) is 10.6 Å². The van der Waals surface area contributed by atoms with Gasteiger partial charge in [-0.25, -0.2) is 5.84 Å². The molecule has 3 N–H and O–H groups in total. The van der Waals surface area contributed by atoms with E-state index in [0.717, 1.165) is 16.2 Å². The van der Waals surface area contributed by atoms with Crippen molar-refractivity contribution in [1.29, 1.82) is 0 Å². The highest BCUT2D eigenvalue weighted by Crippen LogP contribution is 2.29. The number of rotatable bonds is 4. The first-order valence-electron chi connectivity index (χ1n) is 5.78. The topological polar surface area (TPSA) is 55.1 Å². The van der Waals surface area contributed by atoms with E-state index in [1.54, 1.807) is 30.0 Å². The van der Waals surface area contributed by atoms with E-state index < -0.39 is 0 Å². The highest BCUT2D eigenvalue weighted by molar-refractivity contribution is 7.98. The summed E-state index contributed by atoms with van der Waals surface area (Å²) in [5.41, 5.74) is 3.74. The van der Waals surface area contributed by atoms with Crippen molar-refractivity contribution in [3.63, 3.8) is 0 Å². The number of nitrogens with one attached hydrogen (secondary N) is 1. The molecule has 0 saturated heterocycles. The number of benzene rings is 2. The van der Waals surface area contributed by atoms with Gasteiger partial charge in [0, 0.05) is 16.2 Å². The molecule has 0 aromatic heterocycles. The quantitative estimate of drug-likeness (QED) is 0.388. The lowest BCUT2D eigenvalue weighted by molar-refractivity contribution is 0.0953. The third kappa shape index (κ3) is 3.90. The molecule has 104 valence electrons. The van der Waals surface area contributed by atoms with Gasteiger partial charge >= 0.3 is 0 Å². The van der Waals surface area contributed by atoms with E-state index in [1.165, 1.54) is 0 Å². The summed E-state index contributed by atoms with van der Waals surface area (Å²) in [4.78, 5) is 12.3. The molecular weight excluding hydrogens is 315 g/mol. The minimum Gasteiger partial charge on any atom is -0.290 e. The highest BCUT2D eigenvalue weighted by atomic mass is 35.5. The summed E-state index contributed by atoms with van der Waals surface area (Å²) >= 11 is 13.5. The van der Waals surface area contributed by atoms with Crippen molar-refractivity contribution in [1.82, 2.24) is 5.43 Å². The molecule has 0 bridgehead atoms. The normalized spacial score (nSPS) is 10.3. The fourth-order valence-corrected chi connectivity index (χ4v) is 2.82. The molecule has 2 aromatic rings. The van der Waals surface area contributed by atoms with Crippen LogP contribution in [-0.4, -0.2) is 5.91 Å². The maximum atomic E-state index is 11.3. The smallest absolute Gasteiger partial charge is 0.265 e. The number of nitrogens with two attached hydrogens (primary N) is 1. The molecule has 1 amide bonds. The van der Waals surface area contributed by atoms with Crippen LogP contribution in [0.4, 0.5) is 0 Å². The van der Waals surface area contributed by atoms with E-state index in [-0.39, 0.29) is 5.91 Å². The second-order valence-corrected chi connectivity index (χ2v) is 5.90. The molecule has 0 aliphatic heterocycles. The van der Waals surface area contributed by atoms with E-state index in [4.69, 9.17) is 29.0 Å². The molecule has 0 saturated carbocycles. The van der Waals surface area contributed by atoms with E-state index in [9.17, 15) is 4.79 Å². The standard InChI is InChI=1S/C14H12Cl2N2OS/c15-12-6-5-11(7-13(12)16)20-8-9-1-3-10(4-2-9)14(19)18-17/h1-7H,8,17H2,(H,18,19). The van der Waals surface area contributed by atoms with Crippen LogP contribution in [0.5, 0.6) is 0 Å². The van der Waals surface area contributed by atoms with Gasteiger partial charge in [-0.3, -0.25) is 10.2 Å². The third-order valence-electron chi connectivity index (χ3n) is 2.64. The van der Waals surface area contributed by atoms with E-state index in [1.807, 2.05) is 24.3 Å². The predicted molar refractivity (Wildman–Crippen MR) is 84.1 cm³/mol. The number of carbonyl (C=O) groups excluding carboxylic acids is 1. The molecule has 0 unspecified atom stereocenters. The second-order valence-electron chi connectivity index (χ2n) is 4.03. The van der Waals surface area contributed by atoms with Gasteiger partial charge in [-0.2, -0.15) is 0 Å². The molecule has 2 rings (SSSR count). The van der Waals surface area contributed by atoms with Gasteiger partial charge in [-0.15, -0.1) is 11.8 Å². The first kappa shape index (κ1) is 15.2. The average molecular weight is 327 g/mol. The molecule has 0 aliphatic rings. The SMILES string of the molecule is NNC(=O)c1ccc(CSc2ccc(Cl)c(Cl)c2)cc1. The van der Waals surface area contributed by atoms with Gasteiger partial charge in [0.05, 0.1) is 10.0 Å². The zero-order chi connectivity index (χ0) is 14.5. The maximum Gasteiger partial charge on any atom is 0.265 e. The van der Waals surface area contributed by atoms with Crippen LogP contribution in [0.15, 0.2) is 47.4 Å². The van der Waals surface area contributed by atoms with Crippen LogP contribution in [-0.2, 0) is 5.75 Å². The number of nitrogen functional groups attached to an aromatic ring is 1. The molecular formula is C14H12Cl2N2OS. The van der Waals surface area contributed by atoms with Crippen LogP contribution in [0.25, 0.3) is 0 Å². The van der Waals surface area contributed by atoms with Crippen molar-refractivity contribution in [3.05, 3.63) is 63.6 Å². The molecule has 0 aliphatic carbocycles. The molecule has 0 spiro atoms. The molecule has 3 nitrogen and oxygen atoms in total. The Hall–Kier alpha value is -1.20. The predicted octanol–water partition coefficient (Wildman–Crippen LogP) is 3.89. The summed E-state index contributed by atoms with van der Waals surface area (Å²) in [6.07, 6.45) is 0. The fraction of sp³-hybridized carbons (Fsp3) is 0.0714. The number of carbonyl (C=O) groups is 1. The minimum absolute atomic E-state index is 0.298. The minimum atomic E-state index is -0.298. The van der Waals surface area contributed by atoms with Crippen LogP contribution >= 0.6 is 35.0 Å². The molecule has 2 aromatic carbocycles. The molecule has 0 fully saturated rings. The Morgan fingerprint density at radius 2 is 1.80 bits per heavy atom. The molecule has 0 heterocycles. The van der Waals surface area contributed by atoms with Crippen LogP contribution in [0.3, 0.4) is 0 Å². The monoisotopic (exact) mass is 326 g/mol. The van der Waals surface area contributed by atoms with Gasteiger partial charge < -0.3 is 0 Å². The van der Waals surface area contributed by atoms with Crippen LogP contribution in [0.2, 0.25) is 10.0 Å². The Bertz CT molecular complexity index is 617. The Kier molecular flexibility index (Phi) is 5.31. The van der Waals surface area contributed by atoms with Gasteiger partial charge in [-0.1, -0.05) is 35.3 Å². The zero-order valence-corrected chi connectivity index (χ0v) is 12.7. The molecule has 0 radical (unpaired) electrons. The largest absolute Gasteiger partial charge is 0.290 e. The lowest BCUT2D eigenvalue weighted by Gasteiger charge is -2.05. The number of amides is 1. The summed E-state index contributed by atoms with van der Waals surface area (Å²) < 4.78 is 0. The van der Waals surface area contributed by atoms with Crippen molar-refractivity contribution >= 4 is 40.9 Å². The number of halogens is 2. The highest BCUT2D eigenvalue weighted by Gasteiger charge is 2.04. The van der Waals surface area contributed by atoms with Gasteiger partial charge in [-0.05, 0) is 35.9 Å². The van der Waals surface area contributed by atoms with Crippen molar-refractivity contribution in [2.75, 3.05) is 0 Å². The Balaban J connectivity index is 2.00. The summed E-state index contributed by atoms with van der Waals surface area (Å²) in [7, 11) is 0. The fourth-order valence-electron chi connectivity index (χ4n) is 1.57. The van der Waals surface area contributed by atoms with Crippen molar-refractivity contribution in [2.24, 2.45) is 5.84 Å². The van der Waals surface area contributed by atoms with E-state index >= 15 is 0 Å². The molecule has 6 heteroatoms. The lowest BCUT2D eigenvalue weighted by Crippen LogP contribution is -2.29. The van der Waals surface area contributed by atoms with E-state index in [0.29, 0.717) is 15.6 Å². The number of hydrazine groups is 1. The van der Waals surface area contributed by atoms with Crippen LogP contribution in [0, 0.1) is 0 Å². The van der Waals surface area contributed by atoms with Crippen molar-refractivity contribution < 1.29 is 4.79 Å². The summed E-state index contributed by atoms with van der Waals surface area (Å²) in [5.74, 6) is 5.56. The Morgan fingerprint density at radius 3 is 2.40 bits per heavy atom. The first-order chi connectivity index (χ1) is 9.60. The first-order valence-corrected chi connectivity index (χ1v) is 7.52. The third-order valence-corrected chi connectivity index (χ3v) is 4.45. The number of thioether (sulfide) groups is 1. The Labute approximate surface area is 131 Å². The van der Waals surface area contributed by atoms with Crippen molar-refractivity contribution in [3.8, 4) is 0 Å². The number of hydrogen-bond acceptors (Lipinski definition) is 3. The van der Waals surface area contributed by atoms with E-state index in [2.05, 4.69) is 5.43 Å². The van der Waals surface area contributed by atoms with Crippen LogP contribution in [0.1, 0.15) is 15.9 Å². The summed E-state index contributed by atoms with van der Waals surface area (Å²) in [5, 5.41) is 1.10.